The van der Waals surface area contributed by atoms with E-state index in [0.717, 1.165) is 10.6 Å². The summed E-state index contributed by atoms with van der Waals surface area (Å²) in [6.07, 6.45) is 5.25. The first kappa shape index (κ1) is 14.3. The first-order valence-electron chi connectivity index (χ1n) is 6.15. The van der Waals surface area contributed by atoms with Crippen LogP contribution in [0.5, 0.6) is 0 Å². The van der Waals surface area contributed by atoms with Gasteiger partial charge in [-0.15, -0.1) is 11.8 Å². The number of carbonyl (C=O) groups excluding carboxylic acids is 1. The zero-order valence-corrected chi connectivity index (χ0v) is 11.9. The van der Waals surface area contributed by atoms with Gasteiger partial charge in [0.25, 0.3) is 0 Å². The van der Waals surface area contributed by atoms with Crippen LogP contribution in [-0.4, -0.2) is 21.7 Å². The molecule has 0 atom stereocenters. The number of nitrogens with zero attached hydrogens (tertiary/aromatic N) is 2. The van der Waals surface area contributed by atoms with E-state index in [1.165, 1.54) is 10.8 Å². The molecule has 104 valence electrons. The molecule has 0 fully saturated rings. The van der Waals surface area contributed by atoms with Gasteiger partial charge in [-0.2, -0.15) is 0 Å². The fraction of sp³-hybridized carbons (Fsp3) is 0.214. The lowest BCUT2D eigenvalue weighted by atomic mass is 10.3. The molecule has 0 unspecified atom stereocenters. The van der Waals surface area contributed by atoms with Gasteiger partial charge in [0.2, 0.25) is 5.91 Å². The van der Waals surface area contributed by atoms with Crippen molar-refractivity contribution in [3.8, 4) is 0 Å². The Kier molecular flexibility index (Phi) is 4.95. The minimum absolute atomic E-state index is 0.123. The first-order valence-corrected chi connectivity index (χ1v) is 7.37. The van der Waals surface area contributed by atoms with Gasteiger partial charge in [0.1, 0.15) is 0 Å². The molecule has 0 saturated carbocycles. The summed E-state index contributed by atoms with van der Waals surface area (Å²) in [5, 5.41) is 2.86. The maximum absolute atomic E-state index is 11.9. The number of nitrogens with one attached hydrogen (secondary N) is 1. The molecule has 0 saturated heterocycles. The quantitative estimate of drug-likeness (QED) is 0.855. The Labute approximate surface area is 121 Å². The van der Waals surface area contributed by atoms with Crippen LogP contribution in [0.2, 0.25) is 0 Å². The predicted octanol–water partition coefficient (Wildman–Crippen LogP) is 1.99. The molecule has 2 aromatic rings. The third kappa shape index (κ3) is 3.71. The molecular formula is C14H15N3O2S. The monoisotopic (exact) mass is 289 g/mol. The van der Waals surface area contributed by atoms with Crippen LogP contribution in [0.3, 0.4) is 0 Å². The highest BCUT2D eigenvalue weighted by Crippen LogP contribution is 2.24. The van der Waals surface area contributed by atoms with Crippen molar-refractivity contribution in [1.29, 1.82) is 0 Å². The van der Waals surface area contributed by atoms with Crippen LogP contribution in [0.25, 0.3) is 0 Å². The zero-order valence-electron chi connectivity index (χ0n) is 11.1. The Morgan fingerprint density at radius 3 is 2.90 bits per heavy atom. The van der Waals surface area contributed by atoms with E-state index in [4.69, 9.17) is 0 Å². The summed E-state index contributed by atoms with van der Waals surface area (Å²) in [6, 6.07) is 9.28. The molecule has 0 aliphatic heterocycles. The van der Waals surface area contributed by atoms with Crippen LogP contribution in [0.4, 0.5) is 5.69 Å². The smallest absolute Gasteiger partial charge is 0.325 e. The van der Waals surface area contributed by atoms with Gasteiger partial charge in [0.15, 0.2) is 0 Å². The minimum atomic E-state index is -0.343. The molecule has 0 radical (unpaired) electrons. The first-order chi connectivity index (χ1) is 9.70. The number of aromatic nitrogens is 2. The van der Waals surface area contributed by atoms with E-state index in [0.29, 0.717) is 6.54 Å². The fourth-order valence-electron chi connectivity index (χ4n) is 1.74. The summed E-state index contributed by atoms with van der Waals surface area (Å²) in [4.78, 5) is 28.0. The van der Waals surface area contributed by atoms with E-state index < -0.39 is 0 Å². The molecule has 0 aliphatic rings. The van der Waals surface area contributed by atoms with Crippen LogP contribution in [0, 0.1) is 0 Å². The lowest BCUT2D eigenvalue weighted by molar-refractivity contribution is -0.116. The number of amides is 1. The third-order valence-electron chi connectivity index (χ3n) is 2.74. The lowest BCUT2D eigenvalue weighted by Crippen LogP contribution is -2.24. The van der Waals surface area contributed by atoms with Crippen molar-refractivity contribution in [2.24, 2.45) is 0 Å². The van der Waals surface area contributed by atoms with Gasteiger partial charge in [-0.05, 0) is 24.5 Å². The number of hydrogen-bond acceptors (Lipinski definition) is 4. The van der Waals surface area contributed by atoms with Crippen molar-refractivity contribution < 1.29 is 4.79 Å². The number of aryl methyl sites for hydroxylation is 1. The second-order valence-electron chi connectivity index (χ2n) is 4.09. The minimum Gasteiger partial charge on any atom is -0.325 e. The number of para-hydroxylation sites is 1. The molecule has 0 spiro atoms. The Bertz CT molecular complexity index is 655. The Balaban J connectivity index is 1.96. The molecular weight excluding hydrogens is 274 g/mol. The van der Waals surface area contributed by atoms with Crippen LogP contribution >= 0.6 is 11.8 Å². The van der Waals surface area contributed by atoms with E-state index >= 15 is 0 Å². The second-order valence-corrected chi connectivity index (χ2v) is 4.94. The van der Waals surface area contributed by atoms with Gasteiger partial charge >= 0.3 is 5.69 Å². The van der Waals surface area contributed by atoms with Gasteiger partial charge in [-0.1, -0.05) is 12.1 Å². The summed E-state index contributed by atoms with van der Waals surface area (Å²) in [6.45, 7) is 0.319. The van der Waals surface area contributed by atoms with Crippen molar-refractivity contribution in [2.75, 3.05) is 11.6 Å². The standard InChI is InChI=1S/C14H15N3O2S/c1-20-12-6-3-2-5-11(12)16-13(18)7-10-17-9-4-8-15-14(17)19/h2-6,8-9H,7,10H2,1H3,(H,16,18). The normalized spacial score (nSPS) is 10.2. The van der Waals surface area contributed by atoms with E-state index in [1.807, 2.05) is 30.5 Å². The summed E-state index contributed by atoms with van der Waals surface area (Å²) in [5.41, 5.74) is 0.452. The largest absolute Gasteiger partial charge is 0.347 e. The molecule has 0 bridgehead atoms. The third-order valence-corrected chi connectivity index (χ3v) is 3.54. The van der Waals surface area contributed by atoms with Crippen molar-refractivity contribution in [2.45, 2.75) is 17.9 Å². The highest BCUT2D eigenvalue weighted by molar-refractivity contribution is 7.98. The summed E-state index contributed by atoms with van der Waals surface area (Å²) in [5.74, 6) is -0.123. The van der Waals surface area contributed by atoms with Crippen LogP contribution in [0.1, 0.15) is 6.42 Å². The van der Waals surface area contributed by atoms with Gasteiger partial charge in [-0.3, -0.25) is 9.36 Å². The number of benzene rings is 1. The second kappa shape index (κ2) is 6.91. The van der Waals surface area contributed by atoms with Crippen molar-refractivity contribution in [1.82, 2.24) is 9.55 Å². The molecule has 5 nitrogen and oxygen atoms in total. The highest BCUT2D eigenvalue weighted by atomic mass is 32.2. The van der Waals surface area contributed by atoms with Gasteiger partial charge < -0.3 is 5.32 Å². The summed E-state index contributed by atoms with van der Waals surface area (Å²) >= 11 is 1.57. The van der Waals surface area contributed by atoms with Crippen molar-refractivity contribution >= 4 is 23.4 Å². The maximum atomic E-state index is 11.9. The molecule has 1 aromatic carbocycles. The van der Waals surface area contributed by atoms with Gasteiger partial charge in [0, 0.05) is 30.3 Å². The average molecular weight is 289 g/mol. The van der Waals surface area contributed by atoms with Crippen molar-refractivity contribution in [3.63, 3.8) is 0 Å². The number of hydrogen-bond donors (Lipinski definition) is 1. The molecule has 0 aliphatic carbocycles. The molecule has 2 rings (SSSR count). The van der Waals surface area contributed by atoms with Crippen LogP contribution in [0.15, 0.2) is 52.4 Å². The lowest BCUT2D eigenvalue weighted by Gasteiger charge is -2.09. The molecule has 1 aromatic heterocycles. The summed E-state index contributed by atoms with van der Waals surface area (Å²) in [7, 11) is 0. The summed E-state index contributed by atoms with van der Waals surface area (Å²) < 4.78 is 1.42. The molecule has 1 amide bonds. The van der Waals surface area contributed by atoms with Crippen LogP contribution < -0.4 is 11.0 Å². The Morgan fingerprint density at radius 1 is 1.35 bits per heavy atom. The van der Waals surface area contributed by atoms with Gasteiger partial charge in [-0.25, -0.2) is 9.78 Å². The Morgan fingerprint density at radius 2 is 2.15 bits per heavy atom. The van der Waals surface area contributed by atoms with E-state index in [9.17, 15) is 9.59 Å². The molecule has 6 heteroatoms. The number of rotatable bonds is 5. The highest BCUT2D eigenvalue weighted by Gasteiger charge is 2.06. The van der Waals surface area contributed by atoms with E-state index in [2.05, 4.69) is 10.3 Å². The number of carbonyl (C=O) groups is 1. The molecule has 1 N–H and O–H groups in total. The fourth-order valence-corrected chi connectivity index (χ4v) is 2.29. The molecule has 20 heavy (non-hydrogen) atoms. The maximum Gasteiger partial charge on any atom is 0.347 e. The topological polar surface area (TPSA) is 64.0 Å². The predicted molar refractivity (Wildman–Crippen MR) is 80.0 cm³/mol. The Hall–Kier alpha value is -2.08. The SMILES string of the molecule is CSc1ccccc1NC(=O)CCn1cccnc1=O. The molecule has 1 heterocycles. The van der Waals surface area contributed by atoms with Crippen LogP contribution in [-0.2, 0) is 11.3 Å². The zero-order chi connectivity index (χ0) is 14.4. The van der Waals surface area contributed by atoms with Crippen molar-refractivity contribution in [3.05, 3.63) is 53.2 Å². The van der Waals surface area contributed by atoms with E-state index in [1.54, 1.807) is 24.0 Å². The average Bonchev–Trinajstić information content (AvgIpc) is 2.47. The number of anilines is 1. The number of thioether (sulfide) groups is 1. The van der Waals surface area contributed by atoms with E-state index in [-0.39, 0.29) is 18.0 Å². The van der Waals surface area contributed by atoms with Gasteiger partial charge in [0.05, 0.1) is 5.69 Å².